The molecule has 0 aliphatic heterocycles. The van der Waals surface area contributed by atoms with Gasteiger partial charge in [-0.15, -0.1) is 0 Å². The summed E-state index contributed by atoms with van der Waals surface area (Å²) in [6, 6.07) is 3.86. The molecule has 130 valence electrons. The fourth-order valence-electron chi connectivity index (χ4n) is 2.09. The van der Waals surface area contributed by atoms with Gasteiger partial charge in [0.15, 0.2) is 0 Å². The molecule has 0 atom stereocenters. The molecule has 0 spiro atoms. The van der Waals surface area contributed by atoms with E-state index in [9.17, 15) is 4.79 Å². The zero-order valence-corrected chi connectivity index (χ0v) is 15.9. The molecule has 0 fully saturated rings. The maximum atomic E-state index is 11.6. The van der Waals surface area contributed by atoms with E-state index in [0.29, 0.717) is 25.3 Å². The van der Waals surface area contributed by atoms with Crippen LogP contribution in [0.3, 0.4) is 0 Å². The lowest BCUT2D eigenvalue weighted by atomic mass is 10.2. The Hall–Kier alpha value is -1.89. The first kappa shape index (κ1) is 18.4. The summed E-state index contributed by atoms with van der Waals surface area (Å²) < 4.78 is 11.9. The van der Waals surface area contributed by atoms with Gasteiger partial charge in [-0.25, -0.2) is 14.8 Å². The average molecular weight is 396 g/mol. The second-order valence-corrected chi connectivity index (χ2v) is 7.31. The molecule has 2 rings (SSSR count). The zero-order chi connectivity index (χ0) is 17.7. The number of nitrogens with one attached hydrogen (secondary N) is 1. The minimum absolute atomic E-state index is 0.418. The molecule has 0 unspecified atom stereocenters. The third kappa shape index (κ3) is 5.33. The van der Waals surface area contributed by atoms with Gasteiger partial charge in [-0.1, -0.05) is 15.9 Å². The van der Waals surface area contributed by atoms with Gasteiger partial charge < -0.3 is 14.8 Å². The molecule has 1 N–H and O–H groups in total. The number of aromatic nitrogens is 2. The van der Waals surface area contributed by atoms with Crippen LogP contribution in [0.1, 0.15) is 32.9 Å². The second kappa shape index (κ2) is 7.79. The molecule has 0 bridgehead atoms. The van der Waals surface area contributed by atoms with Gasteiger partial charge in [0.25, 0.3) is 0 Å². The van der Waals surface area contributed by atoms with Crippen molar-refractivity contribution in [1.82, 2.24) is 15.3 Å². The van der Waals surface area contributed by atoms with E-state index in [0.717, 1.165) is 21.1 Å². The van der Waals surface area contributed by atoms with Gasteiger partial charge in [0.1, 0.15) is 23.2 Å². The molecule has 1 heterocycles. The topological polar surface area (TPSA) is 73.3 Å². The first-order chi connectivity index (χ1) is 11.3. The number of halogens is 1. The van der Waals surface area contributed by atoms with Gasteiger partial charge in [-0.3, -0.25) is 0 Å². The van der Waals surface area contributed by atoms with Crippen molar-refractivity contribution in [1.29, 1.82) is 0 Å². The number of hydrogen-bond acceptors (Lipinski definition) is 5. The molecule has 1 amide bonds. The van der Waals surface area contributed by atoms with Crippen molar-refractivity contribution in [3.63, 3.8) is 0 Å². The zero-order valence-electron chi connectivity index (χ0n) is 14.4. The molecule has 0 saturated heterocycles. The first-order valence-electron chi connectivity index (χ1n) is 7.77. The minimum atomic E-state index is -0.493. The van der Waals surface area contributed by atoms with E-state index in [-0.39, 0.29) is 0 Å². The van der Waals surface area contributed by atoms with E-state index in [1.165, 1.54) is 6.33 Å². The number of aryl methyl sites for hydroxylation is 1. The highest BCUT2D eigenvalue weighted by Gasteiger charge is 2.15. The lowest BCUT2D eigenvalue weighted by Gasteiger charge is -2.19. The monoisotopic (exact) mass is 395 g/mol. The van der Waals surface area contributed by atoms with E-state index in [2.05, 4.69) is 31.2 Å². The van der Waals surface area contributed by atoms with Gasteiger partial charge in [-0.2, -0.15) is 0 Å². The lowest BCUT2D eigenvalue weighted by Crippen LogP contribution is -2.33. The van der Waals surface area contributed by atoms with E-state index < -0.39 is 11.7 Å². The summed E-state index contributed by atoms with van der Waals surface area (Å²) in [7, 11) is 0. The SMILES string of the molecule is Cc1ncnc2c(OCCCNC(=O)OC(C)(C)C)cc(Br)cc12. The highest BCUT2D eigenvalue weighted by molar-refractivity contribution is 9.10. The molecule has 0 aliphatic carbocycles. The summed E-state index contributed by atoms with van der Waals surface area (Å²) in [5.74, 6) is 0.696. The Morgan fingerprint density at radius 2 is 2.04 bits per heavy atom. The summed E-state index contributed by atoms with van der Waals surface area (Å²) in [6.45, 7) is 8.37. The van der Waals surface area contributed by atoms with E-state index in [1.807, 2.05) is 39.8 Å². The standard InChI is InChI=1S/C17H22BrN3O3/c1-11-13-8-12(18)9-14(15(13)21-10-20-11)23-7-5-6-19-16(22)24-17(2,3)4/h8-10H,5-7H2,1-4H3,(H,19,22). The van der Waals surface area contributed by atoms with Crippen LogP contribution in [-0.2, 0) is 4.74 Å². The molecule has 0 radical (unpaired) electrons. The van der Waals surface area contributed by atoms with Crippen molar-refractivity contribution in [2.24, 2.45) is 0 Å². The van der Waals surface area contributed by atoms with E-state index >= 15 is 0 Å². The molecular formula is C17H22BrN3O3. The van der Waals surface area contributed by atoms with Crippen LogP contribution in [0.15, 0.2) is 22.9 Å². The molecular weight excluding hydrogens is 374 g/mol. The van der Waals surface area contributed by atoms with Crippen molar-refractivity contribution in [3.05, 3.63) is 28.6 Å². The molecule has 1 aromatic heterocycles. The van der Waals surface area contributed by atoms with Crippen LogP contribution in [-0.4, -0.2) is 34.8 Å². The quantitative estimate of drug-likeness (QED) is 0.774. The predicted octanol–water partition coefficient (Wildman–Crippen LogP) is 3.99. The molecule has 7 heteroatoms. The highest BCUT2D eigenvalue weighted by atomic mass is 79.9. The van der Waals surface area contributed by atoms with Crippen LogP contribution in [0.2, 0.25) is 0 Å². The van der Waals surface area contributed by atoms with Crippen LogP contribution >= 0.6 is 15.9 Å². The average Bonchev–Trinajstić information content (AvgIpc) is 2.46. The maximum absolute atomic E-state index is 11.6. The number of amides is 1. The third-order valence-electron chi connectivity index (χ3n) is 3.11. The summed E-state index contributed by atoms with van der Waals surface area (Å²) in [6.07, 6.45) is 1.78. The van der Waals surface area contributed by atoms with Gasteiger partial charge in [0.05, 0.1) is 6.61 Å². The molecule has 6 nitrogen and oxygen atoms in total. The van der Waals surface area contributed by atoms with Crippen molar-refractivity contribution in [2.75, 3.05) is 13.2 Å². The second-order valence-electron chi connectivity index (χ2n) is 6.39. The molecule has 0 saturated carbocycles. The summed E-state index contributed by atoms with van der Waals surface area (Å²) >= 11 is 3.48. The Morgan fingerprint density at radius 3 is 2.75 bits per heavy atom. The number of rotatable bonds is 5. The van der Waals surface area contributed by atoms with Crippen molar-refractivity contribution in [3.8, 4) is 5.75 Å². The normalized spacial score (nSPS) is 11.4. The maximum Gasteiger partial charge on any atom is 0.407 e. The Bertz CT molecular complexity index is 729. The molecule has 1 aromatic carbocycles. The van der Waals surface area contributed by atoms with E-state index in [1.54, 1.807) is 0 Å². The number of carbonyl (C=O) groups is 1. The summed E-state index contributed by atoms with van der Waals surface area (Å²) in [5.41, 5.74) is 1.19. The number of fused-ring (bicyclic) bond motifs is 1. The van der Waals surface area contributed by atoms with Gasteiger partial charge >= 0.3 is 6.09 Å². The number of hydrogen-bond donors (Lipinski definition) is 1. The van der Waals surface area contributed by atoms with Gasteiger partial charge in [-0.05, 0) is 46.2 Å². The number of carbonyl (C=O) groups excluding carboxylic acids is 1. The van der Waals surface area contributed by atoms with Crippen molar-refractivity contribution in [2.45, 2.75) is 39.7 Å². The summed E-state index contributed by atoms with van der Waals surface area (Å²) in [4.78, 5) is 20.1. The number of nitrogens with zero attached hydrogens (tertiary/aromatic N) is 2. The van der Waals surface area contributed by atoms with Crippen molar-refractivity contribution < 1.29 is 14.3 Å². The van der Waals surface area contributed by atoms with Crippen LogP contribution in [0, 0.1) is 6.92 Å². The number of ether oxygens (including phenoxy) is 2. The highest BCUT2D eigenvalue weighted by Crippen LogP contribution is 2.29. The lowest BCUT2D eigenvalue weighted by molar-refractivity contribution is 0.0525. The molecule has 0 aliphatic rings. The predicted molar refractivity (Wildman–Crippen MR) is 96.3 cm³/mol. The van der Waals surface area contributed by atoms with Gasteiger partial charge in [0.2, 0.25) is 0 Å². The number of alkyl carbamates (subject to hydrolysis) is 1. The third-order valence-corrected chi connectivity index (χ3v) is 3.57. The van der Waals surface area contributed by atoms with Crippen LogP contribution in [0.25, 0.3) is 10.9 Å². The van der Waals surface area contributed by atoms with Crippen molar-refractivity contribution >= 4 is 32.9 Å². The number of benzene rings is 1. The fourth-order valence-corrected chi connectivity index (χ4v) is 2.53. The minimum Gasteiger partial charge on any atom is -0.491 e. The smallest absolute Gasteiger partial charge is 0.407 e. The molecule has 2 aromatic rings. The Kier molecular flexibility index (Phi) is 5.99. The fraction of sp³-hybridized carbons (Fsp3) is 0.471. The van der Waals surface area contributed by atoms with Gasteiger partial charge in [0, 0.05) is 22.1 Å². The Balaban J connectivity index is 1.88. The molecule has 24 heavy (non-hydrogen) atoms. The Labute approximate surface area is 150 Å². The summed E-state index contributed by atoms with van der Waals surface area (Å²) in [5, 5.41) is 3.66. The largest absolute Gasteiger partial charge is 0.491 e. The van der Waals surface area contributed by atoms with Crippen LogP contribution in [0.4, 0.5) is 4.79 Å². The Morgan fingerprint density at radius 1 is 1.29 bits per heavy atom. The first-order valence-corrected chi connectivity index (χ1v) is 8.56. The van der Waals surface area contributed by atoms with Crippen LogP contribution < -0.4 is 10.1 Å². The van der Waals surface area contributed by atoms with E-state index in [4.69, 9.17) is 9.47 Å². The van der Waals surface area contributed by atoms with Crippen LogP contribution in [0.5, 0.6) is 5.75 Å².